The van der Waals surface area contributed by atoms with E-state index in [2.05, 4.69) is 5.32 Å². The van der Waals surface area contributed by atoms with Crippen LogP contribution >= 0.6 is 0 Å². The first-order chi connectivity index (χ1) is 9.06. The molecule has 5 heteroatoms. The number of hydrogen-bond acceptors (Lipinski definition) is 3. The van der Waals surface area contributed by atoms with E-state index in [1.807, 2.05) is 6.92 Å². The minimum absolute atomic E-state index is 0.0893. The van der Waals surface area contributed by atoms with Crippen LogP contribution in [-0.4, -0.2) is 30.1 Å². The molecule has 0 spiro atoms. The number of amides is 1. The van der Waals surface area contributed by atoms with E-state index in [9.17, 15) is 14.3 Å². The summed E-state index contributed by atoms with van der Waals surface area (Å²) in [5.74, 6) is -0.486. The molecule has 1 fully saturated rings. The summed E-state index contributed by atoms with van der Waals surface area (Å²) in [6, 6.07) is 4.25. The molecule has 0 saturated carbocycles. The second-order valence-corrected chi connectivity index (χ2v) is 4.76. The highest BCUT2D eigenvalue weighted by Crippen LogP contribution is 2.31. The van der Waals surface area contributed by atoms with Crippen molar-refractivity contribution in [2.24, 2.45) is 0 Å². The van der Waals surface area contributed by atoms with Gasteiger partial charge in [0.15, 0.2) is 0 Å². The lowest BCUT2D eigenvalue weighted by Gasteiger charge is -2.37. The molecule has 1 saturated heterocycles. The Kier molecular flexibility index (Phi) is 4.04. The normalized spacial score (nSPS) is 21.2. The van der Waals surface area contributed by atoms with Crippen LogP contribution in [0.15, 0.2) is 18.2 Å². The quantitative estimate of drug-likeness (QED) is 0.873. The fourth-order valence-corrected chi connectivity index (χ4v) is 2.56. The lowest BCUT2D eigenvalue weighted by molar-refractivity contribution is -0.123. The average Bonchev–Trinajstić information content (AvgIpc) is 2.38. The summed E-state index contributed by atoms with van der Waals surface area (Å²) >= 11 is 0. The topological polar surface area (TPSA) is 52.6 Å². The first-order valence-corrected chi connectivity index (χ1v) is 6.57. The Bertz CT molecular complexity index is 477. The van der Waals surface area contributed by atoms with Crippen molar-refractivity contribution in [2.45, 2.75) is 32.4 Å². The predicted octanol–water partition coefficient (Wildman–Crippen LogP) is 1.59. The molecule has 0 aromatic heterocycles. The highest BCUT2D eigenvalue weighted by Gasteiger charge is 2.31. The number of hydrogen-bond donors (Lipinski definition) is 2. The van der Waals surface area contributed by atoms with Gasteiger partial charge in [-0.1, -0.05) is 19.1 Å². The summed E-state index contributed by atoms with van der Waals surface area (Å²) < 4.78 is 14.1. The second-order valence-electron chi connectivity index (χ2n) is 4.76. The zero-order valence-electron chi connectivity index (χ0n) is 11.2. The molecule has 2 N–H and O–H groups in total. The number of benzene rings is 1. The van der Waals surface area contributed by atoms with Gasteiger partial charge >= 0.3 is 0 Å². The smallest absolute Gasteiger partial charge is 0.242 e. The van der Waals surface area contributed by atoms with E-state index < -0.39 is 11.9 Å². The lowest BCUT2D eigenvalue weighted by Crippen LogP contribution is -2.55. The highest BCUT2D eigenvalue weighted by molar-refractivity contribution is 5.86. The lowest BCUT2D eigenvalue weighted by atomic mass is 10.0. The molecule has 19 heavy (non-hydrogen) atoms. The molecule has 0 bridgehead atoms. The molecule has 0 radical (unpaired) electrons. The first kappa shape index (κ1) is 13.8. The molecule has 1 amide bonds. The molecule has 1 aromatic carbocycles. The maximum absolute atomic E-state index is 14.1. The van der Waals surface area contributed by atoms with Gasteiger partial charge < -0.3 is 15.3 Å². The van der Waals surface area contributed by atoms with E-state index in [-0.39, 0.29) is 11.9 Å². The number of carbonyl (C=O) groups is 1. The number of aliphatic hydroxyl groups is 1. The second kappa shape index (κ2) is 5.57. The SMILES string of the molecule is CCC1C(=O)NCCN1c1c(F)cccc1[C@@H](C)O. The van der Waals surface area contributed by atoms with Gasteiger partial charge in [-0.3, -0.25) is 4.79 Å². The first-order valence-electron chi connectivity index (χ1n) is 6.57. The third-order valence-electron chi connectivity index (χ3n) is 3.47. The Morgan fingerprint density at radius 3 is 2.95 bits per heavy atom. The maximum atomic E-state index is 14.1. The maximum Gasteiger partial charge on any atom is 0.242 e. The molecule has 1 aromatic rings. The Hall–Kier alpha value is -1.62. The van der Waals surface area contributed by atoms with Gasteiger partial charge in [-0.2, -0.15) is 0 Å². The summed E-state index contributed by atoms with van der Waals surface area (Å²) in [7, 11) is 0. The van der Waals surface area contributed by atoms with Gasteiger partial charge in [0.2, 0.25) is 5.91 Å². The molecule has 1 aliphatic rings. The number of nitrogens with zero attached hydrogens (tertiary/aromatic N) is 1. The van der Waals surface area contributed by atoms with Gasteiger partial charge in [-0.15, -0.1) is 0 Å². The third-order valence-corrected chi connectivity index (χ3v) is 3.47. The monoisotopic (exact) mass is 266 g/mol. The van der Waals surface area contributed by atoms with Crippen LogP contribution in [0.1, 0.15) is 31.9 Å². The van der Waals surface area contributed by atoms with E-state index in [0.717, 1.165) is 0 Å². The van der Waals surface area contributed by atoms with Gasteiger partial charge in [0, 0.05) is 18.7 Å². The number of aliphatic hydroxyl groups excluding tert-OH is 1. The molecule has 1 aliphatic heterocycles. The number of para-hydroxylation sites is 1. The molecular weight excluding hydrogens is 247 g/mol. The molecule has 1 heterocycles. The molecule has 2 rings (SSSR count). The molecular formula is C14H19FN2O2. The molecule has 0 aliphatic carbocycles. The van der Waals surface area contributed by atoms with Gasteiger partial charge in [0.25, 0.3) is 0 Å². The fourth-order valence-electron chi connectivity index (χ4n) is 2.56. The van der Waals surface area contributed by atoms with Crippen molar-refractivity contribution in [1.82, 2.24) is 5.32 Å². The van der Waals surface area contributed by atoms with Crippen molar-refractivity contribution in [2.75, 3.05) is 18.0 Å². The Morgan fingerprint density at radius 1 is 1.58 bits per heavy atom. The van der Waals surface area contributed by atoms with Gasteiger partial charge in [0.05, 0.1) is 11.8 Å². The molecule has 4 nitrogen and oxygen atoms in total. The minimum Gasteiger partial charge on any atom is -0.389 e. The number of nitrogens with one attached hydrogen (secondary N) is 1. The van der Waals surface area contributed by atoms with Crippen LogP contribution in [0.25, 0.3) is 0 Å². The van der Waals surface area contributed by atoms with Gasteiger partial charge in [-0.25, -0.2) is 4.39 Å². The number of halogens is 1. The summed E-state index contributed by atoms with van der Waals surface area (Å²) in [5.41, 5.74) is 0.868. The average molecular weight is 266 g/mol. The van der Waals surface area contributed by atoms with Crippen LogP contribution in [0.5, 0.6) is 0 Å². The Labute approximate surface area is 112 Å². The van der Waals surface area contributed by atoms with Crippen molar-refractivity contribution < 1.29 is 14.3 Å². The summed E-state index contributed by atoms with van der Waals surface area (Å²) in [5, 5.41) is 12.6. The number of carbonyl (C=O) groups excluding carboxylic acids is 1. The highest BCUT2D eigenvalue weighted by atomic mass is 19.1. The van der Waals surface area contributed by atoms with Gasteiger partial charge in [0.1, 0.15) is 11.9 Å². The molecule has 1 unspecified atom stereocenters. The van der Waals surface area contributed by atoms with Crippen LogP contribution in [0.2, 0.25) is 0 Å². The zero-order chi connectivity index (χ0) is 14.0. The third kappa shape index (κ3) is 2.56. The van der Waals surface area contributed by atoms with Crippen molar-refractivity contribution in [3.63, 3.8) is 0 Å². The number of anilines is 1. The minimum atomic E-state index is -0.770. The van der Waals surface area contributed by atoms with E-state index in [1.54, 1.807) is 24.0 Å². The van der Waals surface area contributed by atoms with Crippen LogP contribution in [0, 0.1) is 5.82 Å². The number of piperazine rings is 1. The van der Waals surface area contributed by atoms with E-state index >= 15 is 0 Å². The van der Waals surface area contributed by atoms with E-state index in [0.29, 0.717) is 30.8 Å². The van der Waals surface area contributed by atoms with Crippen molar-refractivity contribution in [3.05, 3.63) is 29.6 Å². The van der Waals surface area contributed by atoms with E-state index in [4.69, 9.17) is 0 Å². The van der Waals surface area contributed by atoms with Crippen molar-refractivity contribution in [1.29, 1.82) is 0 Å². The fraction of sp³-hybridized carbons (Fsp3) is 0.500. The van der Waals surface area contributed by atoms with Gasteiger partial charge in [-0.05, 0) is 19.4 Å². The zero-order valence-corrected chi connectivity index (χ0v) is 11.2. The van der Waals surface area contributed by atoms with Crippen LogP contribution in [-0.2, 0) is 4.79 Å². The molecule has 104 valence electrons. The predicted molar refractivity (Wildman–Crippen MR) is 71.5 cm³/mol. The van der Waals surface area contributed by atoms with E-state index in [1.165, 1.54) is 6.07 Å². The molecule has 2 atom stereocenters. The summed E-state index contributed by atoms with van der Waals surface area (Å²) in [6.45, 7) is 4.53. The van der Waals surface area contributed by atoms with Crippen LogP contribution in [0.4, 0.5) is 10.1 Å². The summed E-state index contributed by atoms with van der Waals surface area (Å²) in [4.78, 5) is 13.6. The largest absolute Gasteiger partial charge is 0.389 e. The van der Waals surface area contributed by atoms with Crippen LogP contribution in [0.3, 0.4) is 0 Å². The Morgan fingerprint density at radius 2 is 2.32 bits per heavy atom. The Balaban J connectivity index is 2.47. The van der Waals surface area contributed by atoms with Crippen LogP contribution < -0.4 is 10.2 Å². The van der Waals surface area contributed by atoms with Crippen molar-refractivity contribution >= 4 is 11.6 Å². The van der Waals surface area contributed by atoms with Crippen molar-refractivity contribution in [3.8, 4) is 0 Å². The standard InChI is InChI=1S/C14H19FN2O2/c1-3-12-14(19)16-7-8-17(12)13-10(9(2)18)5-4-6-11(13)15/h4-6,9,12,18H,3,7-8H2,1-2H3,(H,16,19)/t9-,12?/m1/s1. The number of rotatable bonds is 3. The summed E-state index contributed by atoms with van der Waals surface area (Å²) in [6.07, 6.45) is -0.174.